The van der Waals surface area contributed by atoms with E-state index in [9.17, 15) is 9.59 Å². The Morgan fingerprint density at radius 1 is 1.50 bits per heavy atom. The molecule has 3 N–H and O–H groups in total. The smallest absolute Gasteiger partial charge is 0.330 e. The Hall–Kier alpha value is -0.910. The number of urea groups is 1. The fraction of sp³-hybridized carbons (Fsp3) is 0.800. The van der Waals surface area contributed by atoms with Gasteiger partial charge >= 0.3 is 12.0 Å². The number of thioether (sulfide) groups is 1. The second kappa shape index (κ2) is 5.98. The van der Waals surface area contributed by atoms with E-state index < -0.39 is 11.5 Å². The summed E-state index contributed by atoms with van der Waals surface area (Å²) in [6, 6.07) is -0.377. The van der Waals surface area contributed by atoms with E-state index in [4.69, 9.17) is 5.11 Å². The fourth-order valence-corrected chi connectivity index (χ4v) is 2.85. The van der Waals surface area contributed by atoms with Gasteiger partial charge in [0, 0.05) is 12.3 Å². The lowest BCUT2D eigenvalue weighted by atomic mass is 10.00. The lowest BCUT2D eigenvalue weighted by Gasteiger charge is -2.24. The minimum absolute atomic E-state index is 0.377. The molecule has 1 saturated heterocycles. The standard InChI is InChI=1S/C10H18N2O3S/c1-2-3-5-11-9(15)12-10(8(13)14)4-6-16-7-10/h2-7H2,1H3,(H,13,14)(H2,11,12,15). The van der Waals surface area contributed by atoms with Crippen LogP contribution < -0.4 is 10.6 Å². The van der Waals surface area contributed by atoms with E-state index in [0.717, 1.165) is 18.6 Å². The summed E-state index contributed by atoms with van der Waals surface area (Å²) in [4.78, 5) is 22.6. The summed E-state index contributed by atoms with van der Waals surface area (Å²) in [7, 11) is 0. The second-order valence-corrected chi connectivity index (χ2v) is 5.03. The number of nitrogens with one attached hydrogen (secondary N) is 2. The molecule has 1 unspecified atom stereocenters. The number of rotatable bonds is 5. The van der Waals surface area contributed by atoms with Crippen LogP contribution in [0.4, 0.5) is 4.79 Å². The van der Waals surface area contributed by atoms with Gasteiger partial charge in [0.2, 0.25) is 0 Å². The summed E-state index contributed by atoms with van der Waals surface area (Å²) < 4.78 is 0. The molecular weight excluding hydrogens is 228 g/mol. The van der Waals surface area contributed by atoms with E-state index in [1.54, 1.807) is 11.8 Å². The molecule has 0 saturated carbocycles. The van der Waals surface area contributed by atoms with Gasteiger partial charge in [-0.25, -0.2) is 9.59 Å². The monoisotopic (exact) mass is 246 g/mol. The third-order valence-electron chi connectivity index (χ3n) is 2.60. The predicted molar refractivity (Wildman–Crippen MR) is 63.8 cm³/mol. The molecule has 0 aromatic rings. The van der Waals surface area contributed by atoms with Crippen molar-refractivity contribution in [1.29, 1.82) is 0 Å². The maximum atomic E-state index is 11.5. The van der Waals surface area contributed by atoms with Crippen molar-refractivity contribution in [3.63, 3.8) is 0 Å². The summed E-state index contributed by atoms with van der Waals surface area (Å²) in [6.07, 6.45) is 2.40. The van der Waals surface area contributed by atoms with Crippen LogP contribution in [-0.4, -0.2) is 40.7 Å². The maximum absolute atomic E-state index is 11.5. The molecule has 0 bridgehead atoms. The van der Waals surface area contributed by atoms with Crippen LogP contribution in [-0.2, 0) is 4.79 Å². The highest BCUT2D eigenvalue weighted by atomic mass is 32.2. The first-order valence-electron chi connectivity index (χ1n) is 5.48. The Bertz CT molecular complexity index is 265. The molecule has 1 rings (SSSR count). The van der Waals surface area contributed by atoms with Gasteiger partial charge in [0.1, 0.15) is 5.54 Å². The Morgan fingerprint density at radius 2 is 2.25 bits per heavy atom. The zero-order chi connectivity index (χ0) is 12.0. The number of unbranched alkanes of at least 4 members (excludes halogenated alkanes) is 1. The minimum atomic E-state index is -1.07. The van der Waals surface area contributed by atoms with Crippen molar-refractivity contribution in [1.82, 2.24) is 10.6 Å². The second-order valence-electron chi connectivity index (χ2n) is 3.92. The molecule has 92 valence electrons. The molecule has 0 aliphatic carbocycles. The summed E-state index contributed by atoms with van der Waals surface area (Å²) >= 11 is 1.56. The van der Waals surface area contributed by atoms with E-state index in [0.29, 0.717) is 18.7 Å². The Morgan fingerprint density at radius 3 is 2.75 bits per heavy atom. The van der Waals surface area contributed by atoms with E-state index in [1.165, 1.54) is 0 Å². The summed E-state index contributed by atoms with van der Waals surface area (Å²) in [5, 5.41) is 14.4. The number of carboxylic acids is 1. The van der Waals surface area contributed by atoms with Crippen LogP contribution in [0.3, 0.4) is 0 Å². The molecule has 0 spiro atoms. The van der Waals surface area contributed by atoms with Crippen LogP contribution in [0.25, 0.3) is 0 Å². The third kappa shape index (κ3) is 3.30. The predicted octanol–water partition coefficient (Wildman–Crippen LogP) is 1.05. The Balaban J connectivity index is 2.43. The number of hydrogen-bond donors (Lipinski definition) is 3. The van der Waals surface area contributed by atoms with Crippen LogP contribution >= 0.6 is 11.8 Å². The molecule has 1 atom stereocenters. The van der Waals surface area contributed by atoms with Crippen molar-refractivity contribution in [2.45, 2.75) is 31.7 Å². The average Bonchev–Trinajstić information content (AvgIpc) is 2.68. The molecule has 2 amide bonds. The third-order valence-corrected chi connectivity index (χ3v) is 3.79. The summed E-state index contributed by atoms with van der Waals surface area (Å²) in [6.45, 7) is 2.62. The van der Waals surface area contributed by atoms with E-state index >= 15 is 0 Å². The molecule has 0 aromatic carbocycles. The van der Waals surface area contributed by atoms with Crippen LogP contribution in [0, 0.1) is 0 Å². The first-order valence-corrected chi connectivity index (χ1v) is 6.63. The number of carbonyl (C=O) groups excluding carboxylic acids is 1. The van der Waals surface area contributed by atoms with Gasteiger partial charge in [-0.1, -0.05) is 13.3 Å². The van der Waals surface area contributed by atoms with Gasteiger partial charge in [-0.05, 0) is 18.6 Å². The van der Waals surface area contributed by atoms with Crippen molar-refractivity contribution in [2.24, 2.45) is 0 Å². The summed E-state index contributed by atoms with van der Waals surface area (Å²) in [5.41, 5.74) is -1.07. The molecule has 0 aromatic heterocycles. The fourth-order valence-electron chi connectivity index (χ4n) is 1.53. The zero-order valence-electron chi connectivity index (χ0n) is 9.41. The van der Waals surface area contributed by atoms with Gasteiger partial charge < -0.3 is 15.7 Å². The van der Waals surface area contributed by atoms with Gasteiger partial charge in [0.15, 0.2) is 0 Å². The number of amides is 2. The zero-order valence-corrected chi connectivity index (χ0v) is 10.2. The van der Waals surface area contributed by atoms with Crippen molar-refractivity contribution >= 4 is 23.8 Å². The first kappa shape index (κ1) is 13.2. The van der Waals surface area contributed by atoms with Crippen LogP contribution in [0.1, 0.15) is 26.2 Å². The van der Waals surface area contributed by atoms with Crippen LogP contribution in [0.15, 0.2) is 0 Å². The number of carbonyl (C=O) groups is 2. The van der Waals surface area contributed by atoms with Crippen molar-refractivity contribution in [3.05, 3.63) is 0 Å². The van der Waals surface area contributed by atoms with E-state index in [2.05, 4.69) is 10.6 Å². The molecule has 1 fully saturated rings. The highest BCUT2D eigenvalue weighted by molar-refractivity contribution is 7.99. The largest absolute Gasteiger partial charge is 0.479 e. The van der Waals surface area contributed by atoms with Crippen molar-refractivity contribution < 1.29 is 14.7 Å². The van der Waals surface area contributed by atoms with Crippen LogP contribution in [0.2, 0.25) is 0 Å². The maximum Gasteiger partial charge on any atom is 0.330 e. The van der Waals surface area contributed by atoms with Crippen LogP contribution in [0.5, 0.6) is 0 Å². The minimum Gasteiger partial charge on any atom is -0.479 e. The molecule has 1 heterocycles. The lowest BCUT2D eigenvalue weighted by Crippen LogP contribution is -2.57. The number of aliphatic carboxylic acids is 1. The normalized spacial score (nSPS) is 24.1. The molecular formula is C10H18N2O3S. The average molecular weight is 246 g/mol. The molecule has 1 aliphatic rings. The Kier molecular flexibility index (Phi) is 4.92. The Labute approximate surface area is 99.4 Å². The number of hydrogen-bond acceptors (Lipinski definition) is 3. The number of carboxylic acid groups (broad SMARTS) is 1. The van der Waals surface area contributed by atoms with E-state index in [-0.39, 0.29) is 6.03 Å². The van der Waals surface area contributed by atoms with Gasteiger partial charge in [0.25, 0.3) is 0 Å². The van der Waals surface area contributed by atoms with Gasteiger partial charge in [-0.3, -0.25) is 0 Å². The lowest BCUT2D eigenvalue weighted by molar-refractivity contribution is -0.143. The van der Waals surface area contributed by atoms with Gasteiger partial charge in [0.05, 0.1) is 0 Å². The molecule has 16 heavy (non-hydrogen) atoms. The van der Waals surface area contributed by atoms with Crippen molar-refractivity contribution in [2.75, 3.05) is 18.1 Å². The first-order chi connectivity index (χ1) is 7.60. The topological polar surface area (TPSA) is 78.4 Å². The molecule has 1 aliphatic heterocycles. The SMILES string of the molecule is CCCCNC(=O)NC1(C(=O)O)CCSC1. The molecule has 0 radical (unpaired) electrons. The van der Waals surface area contributed by atoms with Crippen molar-refractivity contribution in [3.8, 4) is 0 Å². The highest BCUT2D eigenvalue weighted by Crippen LogP contribution is 2.28. The van der Waals surface area contributed by atoms with E-state index in [1.807, 2.05) is 6.92 Å². The van der Waals surface area contributed by atoms with Gasteiger partial charge in [-0.2, -0.15) is 11.8 Å². The van der Waals surface area contributed by atoms with Gasteiger partial charge in [-0.15, -0.1) is 0 Å². The highest BCUT2D eigenvalue weighted by Gasteiger charge is 2.43. The summed E-state index contributed by atoms with van der Waals surface area (Å²) in [5.74, 6) is 0.286. The molecule has 6 heteroatoms. The molecule has 5 nitrogen and oxygen atoms in total. The quantitative estimate of drug-likeness (QED) is 0.633.